The summed E-state index contributed by atoms with van der Waals surface area (Å²) in [6.07, 6.45) is 3.87. The summed E-state index contributed by atoms with van der Waals surface area (Å²) in [7, 11) is 3.42. The lowest BCUT2D eigenvalue weighted by Crippen LogP contribution is -2.38. The molecular weight excluding hydrogens is 302 g/mol. The molecule has 2 aliphatic rings. The van der Waals surface area contributed by atoms with Crippen molar-refractivity contribution >= 4 is 5.69 Å². The van der Waals surface area contributed by atoms with Gasteiger partial charge in [-0.2, -0.15) is 0 Å². The molecule has 0 aromatic heterocycles. The van der Waals surface area contributed by atoms with E-state index in [-0.39, 0.29) is 0 Å². The van der Waals surface area contributed by atoms with Gasteiger partial charge in [-0.1, -0.05) is 0 Å². The van der Waals surface area contributed by atoms with Crippen LogP contribution in [-0.2, 0) is 0 Å². The Bertz CT molecular complexity index is 495. The Kier molecular flexibility index (Phi) is 6.21. The number of ether oxygens (including phenoxy) is 2. The number of nitrogens with zero attached hydrogens (tertiary/aromatic N) is 2. The molecule has 2 heterocycles. The molecule has 2 saturated heterocycles. The monoisotopic (exact) mass is 333 g/mol. The highest BCUT2D eigenvalue weighted by Crippen LogP contribution is 2.29. The van der Waals surface area contributed by atoms with E-state index in [4.69, 9.17) is 9.47 Å². The quantitative estimate of drug-likeness (QED) is 0.894. The van der Waals surface area contributed by atoms with Gasteiger partial charge in [0.1, 0.15) is 11.5 Å². The van der Waals surface area contributed by atoms with Crippen LogP contribution in [-0.4, -0.2) is 64.9 Å². The Morgan fingerprint density at radius 2 is 1.67 bits per heavy atom. The fraction of sp³-hybridized carbons (Fsp3) is 0.684. The molecule has 0 radical (unpaired) electrons. The van der Waals surface area contributed by atoms with E-state index in [1.165, 1.54) is 51.1 Å². The molecule has 0 saturated carbocycles. The molecule has 0 amide bonds. The first-order valence-electron chi connectivity index (χ1n) is 9.19. The van der Waals surface area contributed by atoms with Gasteiger partial charge < -0.3 is 24.6 Å². The average molecular weight is 333 g/mol. The predicted molar refractivity (Wildman–Crippen MR) is 98.4 cm³/mol. The average Bonchev–Trinajstić information content (AvgIpc) is 2.87. The van der Waals surface area contributed by atoms with E-state index >= 15 is 0 Å². The maximum Gasteiger partial charge on any atom is 0.124 e. The van der Waals surface area contributed by atoms with Gasteiger partial charge in [-0.3, -0.25) is 0 Å². The third-order valence-corrected chi connectivity index (χ3v) is 5.26. The van der Waals surface area contributed by atoms with E-state index in [1.807, 2.05) is 6.07 Å². The van der Waals surface area contributed by atoms with Crippen molar-refractivity contribution in [3.8, 4) is 11.5 Å². The van der Waals surface area contributed by atoms with Crippen molar-refractivity contribution in [1.29, 1.82) is 0 Å². The van der Waals surface area contributed by atoms with Gasteiger partial charge >= 0.3 is 0 Å². The van der Waals surface area contributed by atoms with Crippen LogP contribution >= 0.6 is 0 Å². The van der Waals surface area contributed by atoms with Crippen LogP contribution in [0, 0.1) is 5.92 Å². The first-order chi connectivity index (χ1) is 11.8. The van der Waals surface area contributed by atoms with Crippen LogP contribution in [0.4, 0.5) is 5.69 Å². The third-order valence-electron chi connectivity index (χ3n) is 5.26. The van der Waals surface area contributed by atoms with Crippen molar-refractivity contribution in [2.45, 2.75) is 19.3 Å². The number of hydrogen-bond donors (Lipinski definition) is 1. The fourth-order valence-electron chi connectivity index (χ4n) is 3.82. The van der Waals surface area contributed by atoms with Gasteiger partial charge in [0.25, 0.3) is 0 Å². The van der Waals surface area contributed by atoms with Crippen molar-refractivity contribution in [3.05, 3.63) is 18.2 Å². The maximum atomic E-state index is 5.42. The van der Waals surface area contributed by atoms with Crippen LogP contribution in [0.15, 0.2) is 18.2 Å². The third kappa shape index (κ3) is 4.54. The summed E-state index contributed by atoms with van der Waals surface area (Å²) in [5, 5.41) is 3.46. The summed E-state index contributed by atoms with van der Waals surface area (Å²) in [5.74, 6) is 2.59. The highest BCUT2D eigenvalue weighted by Gasteiger charge is 2.20. The summed E-state index contributed by atoms with van der Waals surface area (Å²) in [4.78, 5) is 5.13. The van der Waals surface area contributed by atoms with Crippen LogP contribution in [0.25, 0.3) is 0 Å². The van der Waals surface area contributed by atoms with Crippen molar-refractivity contribution < 1.29 is 9.47 Å². The van der Waals surface area contributed by atoms with Gasteiger partial charge in [-0.15, -0.1) is 0 Å². The Morgan fingerprint density at radius 3 is 2.33 bits per heavy atom. The van der Waals surface area contributed by atoms with Crippen LogP contribution in [0.1, 0.15) is 19.3 Å². The molecule has 1 aromatic carbocycles. The van der Waals surface area contributed by atoms with Crippen molar-refractivity contribution in [2.24, 2.45) is 5.92 Å². The van der Waals surface area contributed by atoms with E-state index in [1.54, 1.807) is 14.2 Å². The molecule has 0 unspecified atom stereocenters. The second-order valence-corrected chi connectivity index (χ2v) is 6.91. The van der Waals surface area contributed by atoms with Gasteiger partial charge in [-0.25, -0.2) is 0 Å². The molecule has 1 N–H and O–H groups in total. The molecule has 0 atom stereocenters. The normalized spacial score (nSPS) is 20.7. The standard InChI is InChI=1S/C19H31N3O2/c1-23-18-12-17(13-19(14-18)24-2)22-9-3-8-21(10-11-22)15-16-4-6-20-7-5-16/h12-14,16,20H,3-11,15H2,1-2H3. The molecular formula is C19H31N3O2. The van der Waals surface area contributed by atoms with E-state index in [2.05, 4.69) is 27.2 Å². The molecule has 3 rings (SSSR count). The lowest BCUT2D eigenvalue weighted by atomic mass is 9.97. The number of anilines is 1. The Morgan fingerprint density at radius 1 is 0.958 bits per heavy atom. The number of hydrogen-bond acceptors (Lipinski definition) is 5. The second-order valence-electron chi connectivity index (χ2n) is 6.91. The second kappa shape index (κ2) is 8.58. The zero-order valence-electron chi connectivity index (χ0n) is 15.1. The number of benzene rings is 1. The number of rotatable bonds is 5. The van der Waals surface area contributed by atoms with Gasteiger partial charge in [0.15, 0.2) is 0 Å². The van der Waals surface area contributed by atoms with E-state index in [9.17, 15) is 0 Å². The highest BCUT2D eigenvalue weighted by atomic mass is 16.5. The van der Waals surface area contributed by atoms with E-state index in [0.717, 1.165) is 37.1 Å². The minimum absolute atomic E-state index is 0.861. The summed E-state index contributed by atoms with van der Waals surface area (Å²) in [6.45, 7) is 8.16. The van der Waals surface area contributed by atoms with Gasteiger partial charge in [0.2, 0.25) is 0 Å². The van der Waals surface area contributed by atoms with E-state index < -0.39 is 0 Å². The molecule has 0 spiro atoms. The molecule has 134 valence electrons. The van der Waals surface area contributed by atoms with Crippen molar-refractivity contribution in [3.63, 3.8) is 0 Å². The topological polar surface area (TPSA) is 37.0 Å². The summed E-state index contributed by atoms with van der Waals surface area (Å²) >= 11 is 0. The Balaban J connectivity index is 1.60. The summed E-state index contributed by atoms with van der Waals surface area (Å²) in [6, 6.07) is 6.17. The minimum Gasteiger partial charge on any atom is -0.497 e. The molecule has 24 heavy (non-hydrogen) atoms. The number of methoxy groups -OCH3 is 2. The lowest BCUT2D eigenvalue weighted by molar-refractivity contribution is 0.216. The van der Waals surface area contributed by atoms with Gasteiger partial charge in [-0.05, 0) is 44.8 Å². The van der Waals surface area contributed by atoms with Gasteiger partial charge in [0.05, 0.1) is 14.2 Å². The van der Waals surface area contributed by atoms with Crippen molar-refractivity contribution in [1.82, 2.24) is 10.2 Å². The zero-order valence-corrected chi connectivity index (χ0v) is 15.1. The summed E-state index contributed by atoms with van der Waals surface area (Å²) in [5.41, 5.74) is 1.20. The van der Waals surface area contributed by atoms with Crippen LogP contribution < -0.4 is 19.7 Å². The fourth-order valence-corrected chi connectivity index (χ4v) is 3.82. The smallest absolute Gasteiger partial charge is 0.124 e. The Labute approximate surface area is 145 Å². The first-order valence-corrected chi connectivity index (χ1v) is 9.19. The van der Waals surface area contributed by atoms with Crippen LogP contribution in [0.5, 0.6) is 11.5 Å². The van der Waals surface area contributed by atoms with Crippen LogP contribution in [0.3, 0.4) is 0 Å². The first kappa shape index (κ1) is 17.4. The minimum atomic E-state index is 0.861. The molecule has 1 aromatic rings. The molecule has 5 heteroatoms. The SMILES string of the molecule is COc1cc(OC)cc(N2CCCN(CC3CCNCC3)CC2)c1. The number of nitrogens with one attached hydrogen (secondary N) is 1. The summed E-state index contributed by atoms with van der Waals surface area (Å²) < 4.78 is 10.8. The predicted octanol–water partition coefficient (Wildman–Crippen LogP) is 2.22. The lowest BCUT2D eigenvalue weighted by Gasteiger charge is -2.29. The molecule has 2 fully saturated rings. The maximum absolute atomic E-state index is 5.42. The Hall–Kier alpha value is -1.46. The molecule has 0 aliphatic carbocycles. The van der Waals surface area contributed by atoms with Crippen molar-refractivity contribution in [2.75, 3.05) is 64.9 Å². The van der Waals surface area contributed by atoms with Crippen LogP contribution in [0.2, 0.25) is 0 Å². The molecule has 0 bridgehead atoms. The molecule has 5 nitrogen and oxygen atoms in total. The molecule has 2 aliphatic heterocycles. The largest absolute Gasteiger partial charge is 0.497 e. The zero-order chi connectivity index (χ0) is 16.8. The van der Waals surface area contributed by atoms with Gasteiger partial charge in [0, 0.05) is 50.1 Å². The number of piperidine rings is 1. The van der Waals surface area contributed by atoms with E-state index in [0.29, 0.717) is 0 Å². The highest BCUT2D eigenvalue weighted by molar-refractivity contribution is 5.55.